The van der Waals surface area contributed by atoms with E-state index in [-0.39, 0.29) is 35.6 Å². The molecule has 2 aliphatic rings. The fraction of sp³-hybridized carbons (Fsp3) is 0.400. The number of fused-ring (bicyclic) bond motifs is 1. The van der Waals surface area contributed by atoms with Crippen LogP contribution in [0.3, 0.4) is 0 Å². The van der Waals surface area contributed by atoms with E-state index < -0.39 is 11.7 Å². The quantitative estimate of drug-likeness (QED) is 0.177. The first-order valence-corrected chi connectivity index (χ1v) is 14.6. The van der Waals surface area contributed by atoms with Crippen molar-refractivity contribution in [3.8, 4) is 0 Å². The first-order valence-electron chi connectivity index (χ1n) is 14.6. The average Bonchev–Trinajstić information content (AvgIpc) is 3.41. The highest BCUT2D eigenvalue weighted by atomic mass is 19.1. The van der Waals surface area contributed by atoms with Crippen LogP contribution in [0.1, 0.15) is 61.9 Å². The summed E-state index contributed by atoms with van der Waals surface area (Å²) in [4.78, 5) is 21.8. The summed E-state index contributed by atoms with van der Waals surface area (Å²) in [5.74, 6) is 0.855. The van der Waals surface area contributed by atoms with E-state index in [4.69, 9.17) is 15.8 Å². The molecule has 4 heterocycles. The summed E-state index contributed by atoms with van der Waals surface area (Å²) in [5, 5.41) is 27.6. The Morgan fingerprint density at radius 3 is 2.38 bits per heavy atom. The van der Waals surface area contributed by atoms with Crippen molar-refractivity contribution in [1.29, 1.82) is 0 Å². The number of rotatable bonds is 8. The maximum Gasteiger partial charge on any atom is 0.274 e. The Labute approximate surface area is 243 Å². The second kappa shape index (κ2) is 12.3. The average molecular weight is 574 g/mol. The van der Waals surface area contributed by atoms with Gasteiger partial charge in [0.05, 0.1) is 29.2 Å². The fourth-order valence-electron chi connectivity index (χ4n) is 5.72. The normalized spacial score (nSPS) is 22.5. The minimum atomic E-state index is -0.621. The maximum atomic E-state index is 14.2. The predicted molar refractivity (Wildman–Crippen MR) is 161 cm³/mol. The molecular weight excluding hydrogens is 537 g/mol. The zero-order valence-corrected chi connectivity index (χ0v) is 23.3. The molecule has 42 heavy (non-hydrogen) atoms. The summed E-state index contributed by atoms with van der Waals surface area (Å²) in [6.45, 7) is 0. The Morgan fingerprint density at radius 2 is 1.62 bits per heavy atom. The number of carbonyl (C=O) groups is 1. The van der Waals surface area contributed by atoms with Crippen LogP contribution < -0.4 is 27.0 Å². The molecule has 7 N–H and O–H groups in total. The second-order valence-electron chi connectivity index (χ2n) is 11.2. The van der Waals surface area contributed by atoms with E-state index in [0.29, 0.717) is 22.8 Å². The van der Waals surface area contributed by atoms with Gasteiger partial charge in [0.2, 0.25) is 0 Å². The number of amides is 1. The first kappa shape index (κ1) is 27.9. The Bertz CT molecular complexity index is 1550. The second-order valence-corrected chi connectivity index (χ2v) is 11.2. The molecule has 0 atom stereocenters. The van der Waals surface area contributed by atoms with Crippen molar-refractivity contribution in [2.45, 2.75) is 75.6 Å². The number of hydrogen-bond acceptors (Lipinski definition) is 9. The Kier molecular flexibility index (Phi) is 8.15. The van der Waals surface area contributed by atoms with Gasteiger partial charge in [-0.25, -0.2) is 13.9 Å². The van der Waals surface area contributed by atoms with Crippen LogP contribution in [0, 0.1) is 5.82 Å². The smallest absolute Gasteiger partial charge is 0.274 e. The van der Waals surface area contributed by atoms with E-state index >= 15 is 0 Å². The number of pyridine rings is 2. The Balaban J connectivity index is 1.29. The van der Waals surface area contributed by atoms with Crippen molar-refractivity contribution in [2.75, 3.05) is 21.3 Å². The molecule has 0 bridgehead atoms. The van der Waals surface area contributed by atoms with E-state index in [1.807, 2.05) is 24.3 Å². The first-order chi connectivity index (χ1) is 20.4. The molecule has 11 nitrogen and oxygen atoms in total. The molecule has 0 unspecified atom stereocenters. The SMILES string of the molecule is NC1CCC(Nc2cc(Nc3cccc(NC4CCC(O)CC4)n3)c3ccc(C(=O)Nc4ccncc4F)n3n2)CC1. The summed E-state index contributed by atoms with van der Waals surface area (Å²) in [6.07, 6.45) is 9.33. The predicted octanol–water partition coefficient (Wildman–Crippen LogP) is 4.66. The maximum absolute atomic E-state index is 14.2. The molecule has 0 aromatic carbocycles. The zero-order chi connectivity index (χ0) is 29.1. The van der Waals surface area contributed by atoms with Gasteiger partial charge in [-0.15, -0.1) is 5.10 Å². The van der Waals surface area contributed by atoms with Crippen LogP contribution >= 0.6 is 0 Å². The number of aliphatic hydroxyl groups excluding tert-OH is 1. The van der Waals surface area contributed by atoms with Crippen LogP contribution in [-0.2, 0) is 0 Å². The molecule has 0 radical (unpaired) electrons. The van der Waals surface area contributed by atoms with Crippen molar-refractivity contribution in [3.05, 3.63) is 66.4 Å². The third kappa shape index (κ3) is 6.44. The van der Waals surface area contributed by atoms with E-state index in [2.05, 4.69) is 26.3 Å². The van der Waals surface area contributed by atoms with Crippen molar-refractivity contribution >= 4 is 40.3 Å². The van der Waals surface area contributed by atoms with Gasteiger partial charge >= 0.3 is 0 Å². The number of aliphatic hydroxyl groups is 1. The van der Waals surface area contributed by atoms with Crippen LogP contribution in [0.15, 0.2) is 54.9 Å². The topological polar surface area (TPSA) is 155 Å². The molecular formula is C30H36FN9O2. The monoisotopic (exact) mass is 573 g/mol. The van der Waals surface area contributed by atoms with Crippen molar-refractivity contribution in [3.63, 3.8) is 0 Å². The number of hydrogen-bond donors (Lipinski definition) is 6. The molecule has 2 aliphatic carbocycles. The van der Waals surface area contributed by atoms with Crippen LogP contribution in [-0.4, -0.2) is 54.8 Å². The van der Waals surface area contributed by atoms with Crippen LogP contribution in [0.5, 0.6) is 0 Å². The highest BCUT2D eigenvalue weighted by Crippen LogP contribution is 2.29. The van der Waals surface area contributed by atoms with Crippen LogP contribution in [0.2, 0.25) is 0 Å². The number of nitrogens with one attached hydrogen (secondary N) is 4. The molecule has 4 aromatic rings. The van der Waals surface area contributed by atoms with Crippen molar-refractivity contribution in [2.24, 2.45) is 5.73 Å². The number of carbonyl (C=O) groups excluding carboxylic acids is 1. The molecule has 0 saturated heterocycles. The van der Waals surface area contributed by atoms with Gasteiger partial charge in [-0.05, 0) is 81.7 Å². The number of halogens is 1. The Morgan fingerprint density at radius 1 is 0.905 bits per heavy atom. The summed E-state index contributed by atoms with van der Waals surface area (Å²) in [5.41, 5.74) is 7.77. The molecule has 220 valence electrons. The number of nitrogens with two attached hydrogens (primary N) is 1. The van der Waals surface area contributed by atoms with Crippen molar-refractivity contribution < 1.29 is 14.3 Å². The fourth-order valence-corrected chi connectivity index (χ4v) is 5.72. The Hall–Kier alpha value is -4.29. The van der Waals surface area contributed by atoms with Crippen molar-refractivity contribution in [1.82, 2.24) is 19.6 Å². The number of aromatic nitrogens is 4. The summed E-state index contributed by atoms with van der Waals surface area (Å²) in [6, 6.07) is 13.2. The van der Waals surface area contributed by atoms with Gasteiger partial charge < -0.3 is 32.1 Å². The summed E-state index contributed by atoms with van der Waals surface area (Å²) < 4.78 is 15.8. The molecule has 1 amide bonds. The molecule has 0 spiro atoms. The minimum absolute atomic E-state index is 0.0390. The van der Waals surface area contributed by atoms with E-state index in [1.165, 1.54) is 12.3 Å². The molecule has 12 heteroatoms. The van der Waals surface area contributed by atoms with Gasteiger partial charge in [-0.1, -0.05) is 6.07 Å². The third-order valence-electron chi connectivity index (χ3n) is 8.06. The lowest BCUT2D eigenvalue weighted by Gasteiger charge is -2.27. The van der Waals surface area contributed by atoms with E-state index in [0.717, 1.165) is 63.4 Å². The molecule has 0 aliphatic heterocycles. The lowest BCUT2D eigenvalue weighted by molar-refractivity contribution is 0.102. The highest BCUT2D eigenvalue weighted by molar-refractivity contribution is 6.04. The third-order valence-corrected chi connectivity index (χ3v) is 8.06. The van der Waals surface area contributed by atoms with Gasteiger partial charge in [0.15, 0.2) is 5.82 Å². The standard InChI is InChI=1S/C30H36FN9O2/c31-22-17-33-15-14-23(22)37-30(42)26-13-12-25-24(16-29(39-40(25)26)35-19-6-4-18(32)5-7-19)36-28-3-1-2-27(38-28)34-20-8-10-21(41)11-9-20/h1-3,12-21,41H,4-11,32H2,(H,35,39)(H,33,37,42)(H2,34,36,38). The molecule has 2 saturated carbocycles. The van der Waals surface area contributed by atoms with Gasteiger partial charge in [-0.3, -0.25) is 9.78 Å². The van der Waals surface area contributed by atoms with Crippen LogP contribution in [0.25, 0.3) is 5.52 Å². The lowest BCUT2D eigenvalue weighted by atomic mass is 9.92. The van der Waals surface area contributed by atoms with Gasteiger partial charge in [0.25, 0.3) is 5.91 Å². The number of anilines is 5. The minimum Gasteiger partial charge on any atom is -0.393 e. The summed E-state index contributed by atoms with van der Waals surface area (Å²) in [7, 11) is 0. The van der Waals surface area contributed by atoms with E-state index in [9.17, 15) is 14.3 Å². The van der Waals surface area contributed by atoms with E-state index in [1.54, 1.807) is 16.6 Å². The summed E-state index contributed by atoms with van der Waals surface area (Å²) >= 11 is 0. The number of nitrogens with zero attached hydrogens (tertiary/aromatic N) is 4. The lowest BCUT2D eigenvalue weighted by Crippen LogP contribution is -2.33. The molecule has 2 fully saturated rings. The van der Waals surface area contributed by atoms with Crippen LogP contribution in [0.4, 0.5) is 33.2 Å². The molecule has 4 aromatic heterocycles. The molecule has 6 rings (SSSR count). The van der Waals surface area contributed by atoms with Gasteiger partial charge in [0, 0.05) is 30.4 Å². The highest BCUT2D eigenvalue weighted by Gasteiger charge is 2.22. The largest absolute Gasteiger partial charge is 0.393 e. The zero-order valence-electron chi connectivity index (χ0n) is 23.3. The van der Waals surface area contributed by atoms with Gasteiger partial charge in [-0.2, -0.15) is 0 Å². The van der Waals surface area contributed by atoms with Gasteiger partial charge in [0.1, 0.15) is 23.1 Å².